The number of fused-ring (bicyclic) bond motifs is 1. The molecule has 96 valence electrons. The van der Waals surface area contributed by atoms with Crippen molar-refractivity contribution in [1.29, 1.82) is 0 Å². The van der Waals surface area contributed by atoms with Crippen molar-refractivity contribution in [2.24, 2.45) is 7.05 Å². The van der Waals surface area contributed by atoms with E-state index in [9.17, 15) is 9.90 Å². The monoisotopic (exact) mass is 256 g/mol. The van der Waals surface area contributed by atoms with E-state index >= 15 is 0 Å². The molecule has 2 heterocycles. The van der Waals surface area contributed by atoms with E-state index in [-0.39, 0.29) is 11.4 Å². The molecule has 3 aromatic rings. The summed E-state index contributed by atoms with van der Waals surface area (Å²) in [6.07, 6.45) is 1.77. The molecule has 5 heteroatoms. The summed E-state index contributed by atoms with van der Waals surface area (Å²) in [6.45, 7) is 0. The predicted octanol–water partition coefficient (Wildman–Crippen LogP) is 2.58. The van der Waals surface area contributed by atoms with Crippen LogP contribution in [0.3, 0.4) is 0 Å². The number of H-pyrrole nitrogens is 1. The van der Waals surface area contributed by atoms with Crippen LogP contribution in [0.4, 0.5) is 0 Å². The van der Waals surface area contributed by atoms with Gasteiger partial charge in [0, 0.05) is 24.3 Å². The first-order valence-electron chi connectivity index (χ1n) is 5.78. The van der Waals surface area contributed by atoms with Gasteiger partial charge >= 0.3 is 5.97 Å². The number of aromatic hydroxyl groups is 1. The van der Waals surface area contributed by atoms with Crippen LogP contribution in [0, 0.1) is 0 Å². The number of benzene rings is 1. The van der Waals surface area contributed by atoms with Crippen molar-refractivity contribution in [3.05, 3.63) is 42.2 Å². The van der Waals surface area contributed by atoms with Crippen molar-refractivity contribution in [2.75, 3.05) is 0 Å². The number of carboxylic acid groups (broad SMARTS) is 1. The Kier molecular flexibility index (Phi) is 2.35. The van der Waals surface area contributed by atoms with E-state index in [2.05, 4.69) is 4.98 Å². The highest BCUT2D eigenvalue weighted by atomic mass is 16.4. The number of nitrogens with zero attached hydrogens (tertiary/aromatic N) is 1. The van der Waals surface area contributed by atoms with Crippen molar-refractivity contribution in [3.8, 4) is 17.0 Å². The molecule has 0 bridgehead atoms. The van der Waals surface area contributed by atoms with Crippen molar-refractivity contribution >= 4 is 16.9 Å². The Morgan fingerprint density at radius 2 is 2.05 bits per heavy atom. The maximum atomic E-state index is 11.1. The summed E-state index contributed by atoms with van der Waals surface area (Å²) in [6, 6.07) is 8.51. The van der Waals surface area contributed by atoms with Crippen molar-refractivity contribution in [3.63, 3.8) is 0 Å². The number of aromatic nitrogens is 2. The molecule has 0 aliphatic heterocycles. The molecule has 1 aromatic carbocycles. The van der Waals surface area contributed by atoms with Crippen LogP contribution in [-0.2, 0) is 7.05 Å². The van der Waals surface area contributed by atoms with E-state index in [0.29, 0.717) is 5.39 Å². The summed E-state index contributed by atoms with van der Waals surface area (Å²) < 4.78 is 1.59. The Balaban J connectivity index is 2.28. The van der Waals surface area contributed by atoms with Crippen molar-refractivity contribution in [2.45, 2.75) is 0 Å². The summed E-state index contributed by atoms with van der Waals surface area (Å²) in [7, 11) is 1.69. The van der Waals surface area contributed by atoms with Crippen LogP contribution in [-0.4, -0.2) is 25.7 Å². The second kappa shape index (κ2) is 3.91. The second-order valence-electron chi connectivity index (χ2n) is 4.37. The number of carbonyl (C=O) groups is 1. The van der Waals surface area contributed by atoms with E-state index in [4.69, 9.17) is 5.11 Å². The Morgan fingerprint density at radius 1 is 1.26 bits per heavy atom. The summed E-state index contributed by atoms with van der Waals surface area (Å²) in [4.78, 5) is 14.1. The summed E-state index contributed by atoms with van der Waals surface area (Å²) in [5.74, 6) is -0.801. The normalized spacial score (nSPS) is 11.0. The van der Waals surface area contributed by atoms with Crippen LogP contribution < -0.4 is 0 Å². The number of phenolic OH excluding ortho intramolecular Hbond substituents is 1. The Hall–Kier alpha value is -2.69. The second-order valence-corrected chi connectivity index (χ2v) is 4.37. The molecule has 3 N–H and O–H groups in total. The first kappa shape index (κ1) is 11.4. The van der Waals surface area contributed by atoms with Crippen LogP contribution in [0.25, 0.3) is 22.2 Å². The maximum Gasteiger partial charge on any atom is 0.352 e. The van der Waals surface area contributed by atoms with Gasteiger partial charge in [-0.2, -0.15) is 0 Å². The van der Waals surface area contributed by atoms with Crippen molar-refractivity contribution < 1.29 is 15.0 Å². The van der Waals surface area contributed by atoms with Crippen LogP contribution in [0.15, 0.2) is 36.5 Å². The summed E-state index contributed by atoms with van der Waals surface area (Å²) >= 11 is 0. The van der Waals surface area contributed by atoms with Gasteiger partial charge in [-0.05, 0) is 24.3 Å². The molecule has 19 heavy (non-hydrogen) atoms. The molecule has 0 unspecified atom stereocenters. The smallest absolute Gasteiger partial charge is 0.352 e. The van der Waals surface area contributed by atoms with Crippen LogP contribution in [0.5, 0.6) is 5.75 Å². The lowest BCUT2D eigenvalue weighted by Crippen LogP contribution is -2.04. The predicted molar refractivity (Wildman–Crippen MR) is 71.3 cm³/mol. The standard InChI is InChI=1S/C14H12N2O3/c1-16-10(5-6-11(16)14(18)19)8-7-15-9-3-2-4-12(17)13(8)9/h2-7,15,17H,1H3,(H,18,19). The van der Waals surface area contributed by atoms with Gasteiger partial charge < -0.3 is 19.8 Å². The lowest BCUT2D eigenvalue weighted by molar-refractivity contribution is 0.0687. The number of aromatic amines is 1. The molecule has 0 spiro atoms. The Bertz CT molecular complexity index is 783. The number of phenols is 1. The van der Waals surface area contributed by atoms with Gasteiger partial charge in [0.2, 0.25) is 0 Å². The van der Waals surface area contributed by atoms with Gasteiger partial charge in [-0.3, -0.25) is 0 Å². The minimum atomic E-state index is -0.974. The van der Waals surface area contributed by atoms with Crippen molar-refractivity contribution in [1.82, 2.24) is 9.55 Å². The number of nitrogens with one attached hydrogen (secondary N) is 1. The van der Waals surface area contributed by atoms with E-state index in [1.54, 1.807) is 42.1 Å². The third kappa shape index (κ3) is 1.59. The third-order valence-electron chi connectivity index (χ3n) is 3.30. The van der Waals surface area contributed by atoms with E-state index in [1.807, 2.05) is 6.07 Å². The van der Waals surface area contributed by atoms with E-state index in [1.165, 1.54) is 0 Å². The lowest BCUT2D eigenvalue weighted by Gasteiger charge is -2.05. The van der Waals surface area contributed by atoms with Crippen LogP contribution in [0.2, 0.25) is 0 Å². The Labute approximate surface area is 108 Å². The van der Waals surface area contributed by atoms with Gasteiger partial charge in [0.25, 0.3) is 0 Å². The molecule has 5 nitrogen and oxygen atoms in total. The van der Waals surface area contributed by atoms with E-state index < -0.39 is 5.97 Å². The quantitative estimate of drug-likeness (QED) is 0.659. The molecule has 0 saturated carbocycles. The summed E-state index contributed by atoms with van der Waals surface area (Å²) in [5.41, 5.74) is 2.54. The number of hydrogen-bond donors (Lipinski definition) is 3. The minimum Gasteiger partial charge on any atom is -0.507 e. The fraction of sp³-hybridized carbons (Fsp3) is 0.0714. The van der Waals surface area contributed by atoms with Gasteiger partial charge in [0.15, 0.2) is 0 Å². The average Bonchev–Trinajstić information content (AvgIpc) is 2.93. The zero-order chi connectivity index (χ0) is 13.6. The average molecular weight is 256 g/mol. The SMILES string of the molecule is Cn1c(C(=O)O)ccc1-c1c[nH]c2cccc(O)c12. The van der Waals surface area contributed by atoms with Gasteiger partial charge in [-0.15, -0.1) is 0 Å². The zero-order valence-corrected chi connectivity index (χ0v) is 10.2. The first-order valence-corrected chi connectivity index (χ1v) is 5.78. The number of rotatable bonds is 2. The molecule has 3 rings (SSSR count). The molecular weight excluding hydrogens is 244 g/mol. The fourth-order valence-corrected chi connectivity index (χ4v) is 2.36. The highest BCUT2D eigenvalue weighted by Gasteiger charge is 2.16. The highest BCUT2D eigenvalue weighted by molar-refractivity contribution is 6.00. The van der Waals surface area contributed by atoms with E-state index in [0.717, 1.165) is 16.8 Å². The lowest BCUT2D eigenvalue weighted by atomic mass is 10.1. The van der Waals surface area contributed by atoms with Gasteiger partial charge in [-0.25, -0.2) is 4.79 Å². The van der Waals surface area contributed by atoms with Gasteiger partial charge in [0.05, 0.1) is 11.1 Å². The number of hydrogen-bond acceptors (Lipinski definition) is 2. The topological polar surface area (TPSA) is 78.2 Å². The highest BCUT2D eigenvalue weighted by Crippen LogP contribution is 2.35. The maximum absolute atomic E-state index is 11.1. The minimum absolute atomic E-state index is 0.173. The fourth-order valence-electron chi connectivity index (χ4n) is 2.36. The molecule has 0 atom stereocenters. The molecule has 0 saturated heterocycles. The first-order chi connectivity index (χ1) is 9.09. The molecular formula is C14H12N2O3. The largest absolute Gasteiger partial charge is 0.507 e. The van der Waals surface area contributed by atoms with Gasteiger partial charge in [-0.1, -0.05) is 6.07 Å². The Morgan fingerprint density at radius 3 is 2.74 bits per heavy atom. The van der Waals surface area contributed by atoms with Gasteiger partial charge in [0.1, 0.15) is 11.4 Å². The molecule has 0 aliphatic carbocycles. The molecule has 2 aromatic heterocycles. The molecule has 0 radical (unpaired) electrons. The number of aromatic carboxylic acids is 1. The zero-order valence-electron chi connectivity index (χ0n) is 10.2. The van der Waals surface area contributed by atoms with Crippen LogP contribution >= 0.6 is 0 Å². The summed E-state index contributed by atoms with van der Waals surface area (Å²) in [5, 5.41) is 19.7. The third-order valence-corrected chi connectivity index (χ3v) is 3.30. The molecule has 0 amide bonds. The van der Waals surface area contributed by atoms with Crippen LogP contribution in [0.1, 0.15) is 10.5 Å². The molecule has 0 fully saturated rings. The molecule has 0 aliphatic rings. The number of carboxylic acids is 1.